The molecule has 0 aromatic heterocycles. The Morgan fingerprint density at radius 1 is 1.06 bits per heavy atom. The van der Waals surface area contributed by atoms with Gasteiger partial charge < -0.3 is 15.3 Å². The maximum atomic E-state index is 11.3. The lowest BCUT2D eigenvalue weighted by molar-refractivity contribution is -0.141. The number of aliphatic hydroxyl groups excluding tert-OH is 2. The molecule has 10 atom stereocenters. The molecular formula is C27H44O4. The molecule has 4 rings (SSSR count). The number of fused-ring (bicyclic) bond motifs is 5. The van der Waals surface area contributed by atoms with Crippen LogP contribution in [0.3, 0.4) is 0 Å². The molecule has 4 nitrogen and oxygen atoms in total. The summed E-state index contributed by atoms with van der Waals surface area (Å²) in [6.07, 6.45) is 11.9. The Bertz CT molecular complexity index is 716. The summed E-state index contributed by atoms with van der Waals surface area (Å²) in [5, 5.41) is 30.6. The summed E-state index contributed by atoms with van der Waals surface area (Å²) in [5.41, 5.74) is 1.77. The molecule has 4 unspecified atom stereocenters. The number of aliphatic carboxylic acids is 1. The zero-order valence-electron chi connectivity index (χ0n) is 20.0. The van der Waals surface area contributed by atoms with Crippen LogP contribution in [0.2, 0.25) is 0 Å². The van der Waals surface area contributed by atoms with Gasteiger partial charge in [0.05, 0.1) is 18.1 Å². The minimum absolute atomic E-state index is 0.154. The van der Waals surface area contributed by atoms with E-state index in [1.807, 2.05) is 6.92 Å². The van der Waals surface area contributed by atoms with Crippen molar-refractivity contribution in [1.82, 2.24) is 0 Å². The Labute approximate surface area is 188 Å². The highest BCUT2D eigenvalue weighted by molar-refractivity contribution is 5.69. The fourth-order valence-electron chi connectivity index (χ4n) is 8.72. The predicted molar refractivity (Wildman–Crippen MR) is 122 cm³/mol. The van der Waals surface area contributed by atoms with E-state index in [0.717, 1.165) is 38.5 Å². The lowest BCUT2D eigenvalue weighted by Gasteiger charge is -2.60. The SMILES string of the molecule is C[C@H](CCC[C@@H](C)[C@H]1CCC2C3C(CC[C@@]21C)[C@@]1(C)CCC(O)C=C1C[C@H]3O)C(=O)O. The molecule has 0 bridgehead atoms. The van der Waals surface area contributed by atoms with E-state index in [1.54, 1.807) is 0 Å². The van der Waals surface area contributed by atoms with Crippen molar-refractivity contribution < 1.29 is 20.1 Å². The Balaban J connectivity index is 1.48. The van der Waals surface area contributed by atoms with Gasteiger partial charge in [-0.3, -0.25) is 4.79 Å². The number of hydrogen-bond donors (Lipinski definition) is 3. The fraction of sp³-hybridized carbons (Fsp3) is 0.889. The minimum Gasteiger partial charge on any atom is -0.481 e. The number of aliphatic hydroxyl groups is 2. The molecule has 0 aromatic carbocycles. The van der Waals surface area contributed by atoms with E-state index in [9.17, 15) is 15.0 Å². The Kier molecular flexibility index (Phi) is 6.37. The van der Waals surface area contributed by atoms with Crippen LogP contribution in [0.15, 0.2) is 11.6 Å². The highest BCUT2D eigenvalue weighted by atomic mass is 16.4. The molecule has 176 valence electrons. The average molecular weight is 433 g/mol. The quantitative estimate of drug-likeness (QED) is 0.490. The first-order chi connectivity index (χ1) is 14.6. The van der Waals surface area contributed by atoms with Crippen molar-refractivity contribution in [2.45, 2.75) is 104 Å². The van der Waals surface area contributed by atoms with Crippen molar-refractivity contribution in [3.8, 4) is 0 Å². The molecule has 0 heterocycles. The van der Waals surface area contributed by atoms with Crippen molar-refractivity contribution in [2.24, 2.45) is 46.3 Å². The van der Waals surface area contributed by atoms with Gasteiger partial charge in [0.15, 0.2) is 0 Å². The third-order valence-electron chi connectivity index (χ3n) is 10.6. The second kappa shape index (κ2) is 8.48. The Morgan fingerprint density at radius 3 is 2.52 bits per heavy atom. The second-order valence-corrected chi connectivity index (χ2v) is 12.2. The van der Waals surface area contributed by atoms with Gasteiger partial charge in [0.25, 0.3) is 0 Å². The molecule has 0 radical (unpaired) electrons. The van der Waals surface area contributed by atoms with Gasteiger partial charge in [0.2, 0.25) is 0 Å². The van der Waals surface area contributed by atoms with Crippen LogP contribution in [0.25, 0.3) is 0 Å². The summed E-state index contributed by atoms with van der Waals surface area (Å²) in [7, 11) is 0. The van der Waals surface area contributed by atoms with Gasteiger partial charge in [-0.1, -0.05) is 52.2 Å². The Hall–Kier alpha value is -0.870. The number of carboxylic acid groups (broad SMARTS) is 1. The lowest BCUT2D eigenvalue weighted by Crippen LogP contribution is -2.55. The summed E-state index contributed by atoms with van der Waals surface area (Å²) < 4.78 is 0. The van der Waals surface area contributed by atoms with Gasteiger partial charge in [-0.25, -0.2) is 0 Å². The number of carbonyl (C=O) groups is 1. The third kappa shape index (κ3) is 3.90. The smallest absolute Gasteiger partial charge is 0.306 e. The monoisotopic (exact) mass is 432 g/mol. The van der Waals surface area contributed by atoms with Gasteiger partial charge >= 0.3 is 5.97 Å². The number of rotatable bonds is 6. The fourth-order valence-corrected chi connectivity index (χ4v) is 8.72. The summed E-state index contributed by atoms with van der Waals surface area (Å²) in [6.45, 7) is 9.12. The molecule has 0 saturated heterocycles. The largest absolute Gasteiger partial charge is 0.481 e. The van der Waals surface area contributed by atoms with Gasteiger partial charge in [-0.05, 0) is 91.8 Å². The van der Waals surface area contributed by atoms with Crippen LogP contribution >= 0.6 is 0 Å². The number of hydrogen-bond acceptors (Lipinski definition) is 3. The third-order valence-corrected chi connectivity index (χ3v) is 10.6. The van der Waals surface area contributed by atoms with E-state index in [0.29, 0.717) is 35.0 Å². The van der Waals surface area contributed by atoms with E-state index in [2.05, 4.69) is 26.8 Å². The predicted octanol–water partition coefficient (Wildman–Crippen LogP) is 5.42. The van der Waals surface area contributed by atoms with Crippen LogP contribution in [0, 0.1) is 46.3 Å². The first kappa shape index (κ1) is 23.3. The first-order valence-corrected chi connectivity index (χ1v) is 12.9. The van der Waals surface area contributed by atoms with Crippen molar-refractivity contribution >= 4 is 5.97 Å². The molecule has 4 aliphatic carbocycles. The topological polar surface area (TPSA) is 77.8 Å². The second-order valence-electron chi connectivity index (χ2n) is 12.2. The molecule has 31 heavy (non-hydrogen) atoms. The summed E-state index contributed by atoms with van der Waals surface area (Å²) in [5.74, 6) is 1.90. The normalized spacial score (nSPS) is 46.3. The van der Waals surface area contributed by atoms with E-state index in [4.69, 9.17) is 5.11 Å². The molecule has 4 aliphatic rings. The van der Waals surface area contributed by atoms with Crippen molar-refractivity contribution in [1.29, 1.82) is 0 Å². The molecule has 3 fully saturated rings. The van der Waals surface area contributed by atoms with Gasteiger partial charge in [0, 0.05) is 0 Å². The van der Waals surface area contributed by atoms with Gasteiger partial charge in [0.1, 0.15) is 0 Å². The summed E-state index contributed by atoms with van der Waals surface area (Å²) in [6, 6.07) is 0. The van der Waals surface area contributed by atoms with E-state index in [-0.39, 0.29) is 23.5 Å². The van der Waals surface area contributed by atoms with Crippen molar-refractivity contribution in [2.75, 3.05) is 0 Å². The molecule has 0 amide bonds. The van der Waals surface area contributed by atoms with Crippen LogP contribution in [0.1, 0.15) is 91.9 Å². The summed E-state index contributed by atoms with van der Waals surface area (Å²) >= 11 is 0. The van der Waals surface area contributed by atoms with Gasteiger partial charge in [-0.15, -0.1) is 0 Å². The minimum atomic E-state index is -0.678. The van der Waals surface area contributed by atoms with E-state index in [1.165, 1.54) is 31.3 Å². The van der Waals surface area contributed by atoms with Crippen LogP contribution in [-0.2, 0) is 4.79 Å². The van der Waals surface area contributed by atoms with Crippen molar-refractivity contribution in [3.63, 3.8) is 0 Å². The van der Waals surface area contributed by atoms with Crippen LogP contribution in [0.4, 0.5) is 0 Å². The lowest BCUT2D eigenvalue weighted by atomic mass is 9.45. The highest BCUT2D eigenvalue weighted by Crippen LogP contribution is 2.67. The molecule has 0 spiro atoms. The average Bonchev–Trinajstić information content (AvgIpc) is 3.06. The molecule has 3 N–H and O–H groups in total. The van der Waals surface area contributed by atoms with E-state index >= 15 is 0 Å². The zero-order chi connectivity index (χ0) is 22.6. The molecular weight excluding hydrogens is 388 g/mol. The van der Waals surface area contributed by atoms with E-state index < -0.39 is 5.97 Å². The Morgan fingerprint density at radius 2 is 1.81 bits per heavy atom. The summed E-state index contributed by atoms with van der Waals surface area (Å²) in [4.78, 5) is 11.1. The van der Waals surface area contributed by atoms with Crippen molar-refractivity contribution in [3.05, 3.63) is 11.6 Å². The maximum absolute atomic E-state index is 11.3. The van der Waals surface area contributed by atoms with Crippen LogP contribution in [-0.4, -0.2) is 33.5 Å². The highest BCUT2D eigenvalue weighted by Gasteiger charge is 2.61. The molecule has 3 saturated carbocycles. The standard InChI is InChI=1S/C27H44O4/c1-16(6-5-7-17(2)25(30)31)20-8-9-21-24-22(11-13-27(20,21)4)26(3)12-10-19(28)14-18(26)15-23(24)29/h14,16-17,19-24,28-29H,5-13,15H2,1-4H3,(H,30,31)/t16-,17-,19?,20-,21?,22?,23-,24?,26+,27-/m1/s1. The number of carboxylic acids is 1. The zero-order valence-corrected chi connectivity index (χ0v) is 20.0. The molecule has 0 aromatic rings. The van der Waals surface area contributed by atoms with Gasteiger partial charge in [-0.2, -0.15) is 0 Å². The first-order valence-electron chi connectivity index (χ1n) is 12.9. The molecule has 0 aliphatic heterocycles. The van der Waals surface area contributed by atoms with Crippen LogP contribution in [0.5, 0.6) is 0 Å². The molecule has 4 heteroatoms. The maximum Gasteiger partial charge on any atom is 0.306 e. The van der Waals surface area contributed by atoms with Crippen LogP contribution < -0.4 is 0 Å².